The highest BCUT2D eigenvalue weighted by Gasteiger charge is 2.34. The van der Waals surface area contributed by atoms with Gasteiger partial charge in [-0.25, -0.2) is 9.78 Å². The molecule has 1 N–H and O–H groups in total. The van der Waals surface area contributed by atoms with Gasteiger partial charge < -0.3 is 10.1 Å². The van der Waals surface area contributed by atoms with E-state index in [1.807, 2.05) is 38.1 Å². The number of rotatable bonds is 6. The van der Waals surface area contributed by atoms with Crippen molar-refractivity contribution >= 4 is 39.1 Å². The van der Waals surface area contributed by atoms with E-state index in [1.54, 1.807) is 0 Å². The Kier molecular flexibility index (Phi) is 8.06. The quantitative estimate of drug-likeness (QED) is 0.236. The summed E-state index contributed by atoms with van der Waals surface area (Å²) in [6.45, 7) is 15.3. The molecule has 2 heterocycles. The van der Waals surface area contributed by atoms with Crippen molar-refractivity contribution in [3.05, 3.63) is 81.2 Å². The largest absolute Gasteiger partial charge is 0.462 e. The van der Waals surface area contributed by atoms with Gasteiger partial charge in [-0.2, -0.15) is 0 Å². The molecule has 0 fully saturated rings. The SMILES string of the molecule is CCOC(=O)c1c(NC(=O)c2cc(-c3ccc(C(C)C)cc3)nc3ccc(C)cc23)sc2c1CC[C@@H](C(C)(C)C)C2. The standard InChI is InChI=1S/C35H40N2O3S/c1-8-40-34(39)31-25-15-14-24(35(5,6)7)18-30(25)41-33(31)37-32(38)27-19-29(23-12-10-22(11-13-23)20(2)3)36-28-16-9-21(4)17-26(27)28/h9-13,16-17,19-20,24H,8,14-15,18H2,1-7H3,(H,37,38)/t24-/m1/s1. The van der Waals surface area contributed by atoms with Crippen molar-refractivity contribution in [2.75, 3.05) is 11.9 Å². The van der Waals surface area contributed by atoms with Gasteiger partial charge in [-0.05, 0) is 79.7 Å². The minimum atomic E-state index is -0.365. The van der Waals surface area contributed by atoms with Crippen LogP contribution in [0.25, 0.3) is 22.2 Å². The molecular formula is C35H40N2O3S. The minimum absolute atomic E-state index is 0.173. The molecule has 2 aromatic heterocycles. The van der Waals surface area contributed by atoms with Crippen LogP contribution in [0.3, 0.4) is 0 Å². The number of aromatic nitrogens is 1. The Morgan fingerprint density at radius 1 is 1.10 bits per heavy atom. The molecule has 0 bridgehead atoms. The number of aryl methyl sites for hydroxylation is 1. The maximum atomic E-state index is 14.1. The number of hydrogen-bond donors (Lipinski definition) is 1. The Bertz CT molecular complexity index is 1610. The van der Waals surface area contributed by atoms with Crippen molar-refractivity contribution < 1.29 is 14.3 Å². The monoisotopic (exact) mass is 568 g/mol. The van der Waals surface area contributed by atoms with Crippen LogP contribution in [0.1, 0.15) is 96.2 Å². The normalized spacial score (nSPS) is 15.2. The summed E-state index contributed by atoms with van der Waals surface area (Å²) < 4.78 is 5.47. The van der Waals surface area contributed by atoms with Gasteiger partial charge in [0.1, 0.15) is 5.00 Å². The van der Waals surface area contributed by atoms with E-state index in [9.17, 15) is 9.59 Å². The number of amides is 1. The average molecular weight is 569 g/mol. The Labute approximate surface area is 247 Å². The number of carbonyl (C=O) groups excluding carboxylic acids is 2. The van der Waals surface area contributed by atoms with Gasteiger partial charge in [-0.1, -0.05) is 70.5 Å². The number of ether oxygens (including phenoxy) is 1. The molecule has 2 aromatic carbocycles. The van der Waals surface area contributed by atoms with Crippen molar-refractivity contribution in [3.63, 3.8) is 0 Å². The molecule has 41 heavy (non-hydrogen) atoms. The molecule has 0 aliphatic heterocycles. The zero-order valence-electron chi connectivity index (χ0n) is 25.2. The van der Waals surface area contributed by atoms with E-state index >= 15 is 0 Å². The molecule has 0 radical (unpaired) electrons. The molecule has 4 aromatic rings. The van der Waals surface area contributed by atoms with E-state index in [2.05, 4.69) is 64.2 Å². The van der Waals surface area contributed by atoms with Crippen LogP contribution in [0, 0.1) is 18.3 Å². The minimum Gasteiger partial charge on any atom is -0.462 e. The molecule has 0 saturated carbocycles. The maximum absolute atomic E-state index is 14.1. The summed E-state index contributed by atoms with van der Waals surface area (Å²) in [4.78, 5) is 33.3. The van der Waals surface area contributed by atoms with Gasteiger partial charge in [0, 0.05) is 15.8 Å². The number of anilines is 1. The van der Waals surface area contributed by atoms with E-state index in [1.165, 1.54) is 21.8 Å². The second-order valence-corrected chi connectivity index (χ2v) is 13.6. The molecule has 1 atom stereocenters. The topological polar surface area (TPSA) is 68.3 Å². The smallest absolute Gasteiger partial charge is 0.341 e. The molecule has 1 amide bonds. The van der Waals surface area contributed by atoms with Gasteiger partial charge in [0.05, 0.1) is 28.9 Å². The third-order valence-corrected chi connectivity index (χ3v) is 9.45. The fraction of sp³-hybridized carbons (Fsp3) is 0.400. The van der Waals surface area contributed by atoms with Gasteiger partial charge in [0.15, 0.2) is 0 Å². The number of carbonyl (C=O) groups is 2. The lowest BCUT2D eigenvalue weighted by molar-refractivity contribution is 0.0526. The second-order valence-electron chi connectivity index (χ2n) is 12.5. The number of pyridine rings is 1. The predicted octanol–water partition coefficient (Wildman–Crippen LogP) is 8.98. The molecule has 0 spiro atoms. The number of thiophene rings is 1. The first-order chi connectivity index (χ1) is 19.5. The summed E-state index contributed by atoms with van der Waals surface area (Å²) in [5.41, 5.74) is 7.03. The summed E-state index contributed by atoms with van der Waals surface area (Å²) >= 11 is 1.52. The van der Waals surface area contributed by atoms with E-state index in [-0.39, 0.29) is 23.9 Å². The zero-order valence-corrected chi connectivity index (χ0v) is 26.0. The van der Waals surface area contributed by atoms with Crippen LogP contribution >= 0.6 is 11.3 Å². The second kappa shape index (κ2) is 11.4. The first-order valence-corrected chi connectivity index (χ1v) is 15.4. The molecule has 214 valence electrons. The van der Waals surface area contributed by atoms with Crippen molar-refractivity contribution in [1.82, 2.24) is 4.98 Å². The fourth-order valence-electron chi connectivity index (χ4n) is 5.72. The van der Waals surface area contributed by atoms with Gasteiger partial charge in [0.2, 0.25) is 0 Å². The van der Waals surface area contributed by atoms with Gasteiger partial charge in [-0.15, -0.1) is 11.3 Å². The van der Waals surface area contributed by atoms with Crippen molar-refractivity contribution in [2.24, 2.45) is 11.3 Å². The number of esters is 1. The van der Waals surface area contributed by atoms with E-state index in [0.717, 1.165) is 52.5 Å². The van der Waals surface area contributed by atoms with E-state index in [0.29, 0.717) is 28.0 Å². The van der Waals surface area contributed by atoms with Crippen LogP contribution in [-0.2, 0) is 17.6 Å². The van der Waals surface area contributed by atoms with Gasteiger partial charge >= 0.3 is 5.97 Å². The Hall–Kier alpha value is -3.51. The molecular weight excluding hydrogens is 528 g/mol. The Balaban J connectivity index is 1.57. The summed E-state index contributed by atoms with van der Waals surface area (Å²) in [6.07, 6.45) is 2.73. The first kappa shape index (κ1) is 29.0. The van der Waals surface area contributed by atoms with Crippen LogP contribution in [0.5, 0.6) is 0 Å². The van der Waals surface area contributed by atoms with E-state index < -0.39 is 0 Å². The molecule has 5 rings (SSSR count). The van der Waals surface area contributed by atoms with Crippen molar-refractivity contribution in [1.29, 1.82) is 0 Å². The molecule has 1 aliphatic rings. The zero-order chi connectivity index (χ0) is 29.5. The van der Waals surface area contributed by atoms with Crippen molar-refractivity contribution in [3.8, 4) is 11.3 Å². The summed E-state index contributed by atoms with van der Waals surface area (Å²) in [6, 6.07) is 16.2. The average Bonchev–Trinajstić information content (AvgIpc) is 3.29. The number of fused-ring (bicyclic) bond motifs is 2. The molecule has 1 aliphatic carbocycles. The number of nitrogens with one attached hydrogen (secondary N) is 1. The predicted molar refractivity (Wildman–Crippen MR) is 169 cm³/mol. The van der Waals surface area contributed by atoms with Crippen molar-refractivity contribution in [2.45, 2.75) is 73.6 Å². The van der Waals surface area contributed by atoms with Crippen LogP contribution in [0.15, 0.2) is 48.5 Å². The Morgan fingerprint density at radius 3 is 2.49 bits per heavy atom. The van der Waals surface area contributed by atoms with Crippen LogP contribution in [0.2, 0.25) is 0 Å². The van der Waals surface area contributed by atoms with Gasteiger partial charge in [-0.3, -0.25) is 4.79 Å². The summed E-state index contributed by atoms with van der Waals surface area (Å²) in [7, 11) is 0. The number of nitrogens with zero attached hydrogens (tertiary/aromatic N) is 1. The lowest BCUT2D eigenvalue weighted by Gasteiger charge is -2.33. The van der Waals surface area contributed by atoms with Gasteiger partial charge in [0.25, 0.3) is 5.91 Å². The third kappa shape index (κ3) is 5.94. The number of benzene rings is 2. The summed E-state index contributed by atoms with van der Waals surface area (Å²) in [5.74, 6) is 0.335. The highest BCUT2D eigenvalue weighted by atomic mass is 32.1. The third-order valence-electron chi connectivity index (χ3n) is 8.28. The fourth-order valence-corrected chi connectivity index (χ4v) is 7.03. The molecule has 0 saturated heterocycles. The molecule has 0 unspecified atom stereocenters. The van der Waals surface area contributed by atoms with Crippen LogP contribution in [0.4, 0.5) is 5.00 Å². The van der Waals surface area contributed by atoms with Crippen LogP contribution in [-0.4, -0.2) is 23.5 Å². The Morgan fingerprint density at radius 2 is 1.83 bits per heavy atom. The maximum Gasteiger partial charge on any atom is 0.341 e. The summed E-state index contributed by atoms with van der Waals surface area (Å²) in [5, 5.41) is 4.51. The first-order valence-electron chi connectivity index (χ1n) is 14.6. The lowest BCUT2D eigenvalue weighted by Crippen LogP contribution is -2.26. The van der Waals surface area contributed by atoms with Crippen LogP contribution < -0.4 is 5.32 Å². The highest BCUT2D eigenvalue weighted by molar-refractivity contribution is 7.17. The molecule has 5 nitrogen and oxygen atoms in total. The lowest BCUT2D eigenvalue weighted by atomic mass is 9.72. The molecule has 6 heteroatoms. The highest BCUT2D eigenvalue weighted by Crippen LogP contribution is 2.44. The van der Waals surface area contributed by atoms with E-state index in [4.69, 9.17) is 9.72 Å². The number of hydrogen-bond acceptors (Lipinski definition) is 5.